The fraction of sp³-hybridized carbons (Fsp3) is 0.267. The standard InChI is InChI=1S/C8H3F5.C7H12O2/c1-2-3-4(9)6(11)8(13)7(12)5(3)10;1-4-5-9-7(8)6(2)3/h2H,1H2;2,4-5H2,1,3H3. The Morgan fingerprint density at radius 3 is 1.77 bits per heavy atom. The lowest BCUT2D eigenvalue weighted by Crippen LogP contribution is -2.04. The fourth-order valence-corrected chi connectivity index (χ4v) is 1.12. The average molecular weight is 322 g/mol. The van der Waals surface area contributed by atoms with Crippen molar-refractivity contribution in [2.75, 3.05) is 6.61 Å². The van der Waals surface area contributed by atoms with Crippen molar-refractivity contribution in [1.29, 1.82) is 0 Å². The van der Waals surface area contributed by atoms with Crippen LogP contribution in [-0.2, 0) is 9.53 Å². The minimum absolute atomic E-state index is 0.295. The lowest BCUT2D eigenvalue weighted by Gasteiger charge is -2.02. The number of esters is 1. The molecule has 1 aromatic rings. The molecule has 0 aliphatic heterocycles. The van der Waals surface area contributed by atoms with Crippen molar-refractivity contribution >= 4 is 12.0 Å². The summed E-state index contributed by atoms with van der Waals surface area (Å²) in [6, 6.07) is 0. The minimum Gasteiger partial charge on any atom is -0.462 e. The van der Waals surface area contributed by atoms with Gasteiger partial charge in [0.15, 0.2) is 23.3 Å². The second-order valence-corrected chi connectivity index (χ2v) is 4.10. The van der Waals surface area contributed by atoms with Gasteiger partial charge < -0.3 is 4.74 Å². The van der Waals surface area contributed by atoms with Crippen LogP contribution in [0.4, 0.5) is 22.0 Å². The molecule has 0 saturated heterocycles. The van der Waals surface area contributed by atoms with E-state index in [-0.39, 0.29) is 5.97 Å². The molecule has 0 N–H and O–H groups in total. The van der Waals surface area contributed by atoms with E-state index < -0.39 is 34.6 Å². The Hall–Kier alpha value is -2.18. The van der Waals surface area contributed by atoms with E-state index in [2.05, 4.69) is 13.2 Å². The summed E-state index contributed by atoms with van der Waals surface area (Å²) in [7, 11) is 0. The van der Waals surface area contributed by atoms with Gasteiger partial charge in [-0.15, -0.1) is 0 Å². The predicted molar refractivity (Wildman–Crippen MR) is 72.4 cm³/mol. The molecule has 0 aliphatic carbocycles. The quantitative estimate of drug-likeness (QED) is 0.267. The van der Waals surface area contributed by atoms with E-state index in [4.69, 9.17) is 4.74 Å². The summed E-state index contributed by atoms with van der Waals surface area (Å²) in [4.78, 5) is 10.6. The molecule has 0 unspecified atom stereocenters. The van der Waals surface area contributed by atoms with Crippen molar-refractivity contribution in [3.8, 4) is 0 Å². The first-order valence-corrected chi connectivity index (χ1v) is 6.15. The van der Waals surface area contributed by atoms with Crippen molar-refractivity contribution in [3.63, 3.8) is 0 Å². The first kappa shape index (κ1) is 19.8. The number of halogens is 5. The molecule has 0 saturated carbocycles. The Kier molecular flexibility index (Phi) is 8.08. The SMILES string of the molecule is C=C(C)C(=O)OCCC.C=Cc1c(F)c(F)c(F)c(F)c1F. The van der Waals surface area contributed by atoms with Crippen LogP contribution in [-0.4, -0.2) is 12.6 Å². The maximum Gasteiger partial charge on any atom is 0.333 e. The summed E-state index contributed by atoms with van der Waals surface area (Å²) in [5.74, 6) is -10.1. The Labute approximate surface area is 124 Å². The van der Waals surface area contributed by atoms with Gasteiger partial charge in [0.2, 0.25) is 5.82 Å². The van der Waals surface area contributed by atoms with E-state index in [9.17, 15) is 26.7 Å². The average Bonchev–Trinajstić information content (AvgIpc) is 2.49. The van der Waals surface area contributed by atoms with Crippen LogP contribution >= 0.6 is 0 Å². The molecular formula is C15H15F5O2. The maximum atomic E-state index is 12.6. The zero-order valence-corrected chi connectivity index (χ0v) is 12.1. The third-order valence-electron chi connectivity index (χ3n) is 2.23. The molecule has 22 heavy (non-hydrogen) atoms. The first-order valence-electron chi connectivity index (χ1n) is 6.15. The monoisotopic (exact) mass is 322 g/mol. The van der Waals surface area contributed by atoms with E-state index in [1.165, 1.54) is 0 Å². The molecule has 0 spiro atoms. The number of carbonyl (C=O) groups excluding carboxylic acids is 1. The van der Waals surface area contributed by atoms with Gasteiger partial charge in [-0.2, -0.15) is 0 Å². The number of ether oxygens (including phenoxy) is 1. The largest absolute Gasteiger partial charge is 0.462 e. The van der Waals surface area contributed by atoms with Crippen LogP contribution in [0.1, 0.15) is 25.8 Å². The molecule has 0 fully saturated rings. The lowest BCUT2D eigenvalue weighted by atomic mass is 10.1. The van der Waals surface area contributed by atoms with Gasteiger partial charge in [-0.25, -0.2) is 26.7 Å². The predicted octanol–water partition coefficient (Wildman–Crippen LogP) is 4.54. The summed E-state index contributed by atoms with van der Waals surface area (Å²) >= 11 is 0. The van der Waals surface area contributed by atoms with E-state index in [1.54, 1.807) is 6.92 Å². The molecule has 0 aliphatic rings. The van der Waals surface area contributed by atoms with Crippen LogP contribution in [0.15, 0.2) is 18.7 Å². The van der Waals surface area contributed by atoms with Crippen molar-refractivity contribution in [2.45, 2.75) is 20.3 Å². The summed E-state index contributed by atoms with van der Waals surface area (Å²) in [5, 5.41) is 0. The molecule has 0 heterocycles. The van der Waals surface area contributed by atoms with Crippen molar-refractivity contribution in [3.05, 3.63) is 53.4 Å². The Morgan fingerprint density at radius 2 is 1.45 bits per heavy atom. The van der Waals surface area contributed by atoms with Gasteiger partial charge in [-0.3, -0.25) is 0 Å². The molecule has 1 aromatic carbocycles. The molecule has 0 aromatic heterocycles. The summed E-state index contributed by atoms with van der Waals surface area (Å²) < 4.78 is 67.1. The summed E-state index contributed by atoms with van der Waals surface area (Å²) in [6.07, 6.45) is 1.43. The highest BCUT2D eigenvalue weighted by Crippen LogP contribution is 2.23. The smallest absolute Gasteiger partial charge is 0.333 e. The van der Waals surface area contributed by atoms with Gasteiger partial charge in [0, 0.05) is 5.57 Å². The van der Waals surface area contributed by atoms with Gasteiger partial charge >= 0.3 is 5.97 Å². The summed E-state index contributed by atoms with van der Waals surface area (Å²) in [6.45, 7) is 10.4. The van der Waals surface area contributed by atoms with Crippen molar-refractivity contribution in [1.82, 2.24) is 0 Å². The van der Waals surface area contributed by atoms with Crippen LogP contribution in [0, 0.1) is 29.1 Å². The normalized spacial score (nSPS) is 9.59. The number of hydrogen-bond acceptors (Lipinski definition) is 2. The highest BCUT2D eigenvalue weighted by atomic mass is 19.2. The van der Waals surface area contributed by atoms with Crippen LogP contribution in [0.3, 0.4) is 0 Å². The highest BCUT2D eigenvalue weighted by molar-refractivity contribution is 5.86. The molecule has 122 valence electrons. The third-order valence-corrected chi connectivity index (χ3v) is 2.23. The van der Waals surface area contributed by atoms with Gasteiger partial charge in [-0.05, 0) is 13.3 Å². The first-order chi connectivity index (χ1) is 10.2. The zero-order valence-electron chi connectivity index (χ0n) is 12.1. The Bertz CT molecular complexity index is 553. The van der Waals surface area contributed by atoms with Crippen molar-refractivity contribution < 1.29 is 31.5 Å². The van der Waals surface area contributed by atoms with E-state index >= 15 is 0 Å². The fourth-order valence-electron chi connectivity index (χ4n) is 1.12. The molecule has 7 heteroatoms. The lowest BCUT2D eigenvalue weighted by molar-refractivity contribution is -0.138. The molecule has 0 amide bonds. The van der Waals surface area contributed by atoms with E-state index in [0.717, 1.165) is 6.42 Å². The van der Waals surface area contributed by atoms with E-state index in [0.29, 0.717) is 18.3 Å². The zero-order chi connectivity index (χ0) is 17.4. The van der Waals surface area contributed by atoms with E-state index in [1.807, 2.05) is 6.92 Å². The number of benzene rings is 1. The summed E-state index contributed by atoms with van der Waals surface area (Å²) in [5.41, 5.74) is -0.556. The second-order valence-electron chi connectivity index (χ2n) is 4.10. The van der Waals surface area contributed by atoms with Crippen molar-refractivity contribution in [2.24, 2.45) is 0 Å². The van der Waals surface area contributed by atoms with Crippen LogP contribution < -0.4 is 0 Å². The number of hydrogen-bond donors (Lipinski definition) is 0. The van der Waals surface area contributed by atoms with Crippen LogP contribution in [0.2, 0.25) is 0 Å². The highest BCUT2D eigenvalue weighted by Gasteiger charge is 2.23. The molecule has 0 atom stereocenters. The third kappa shape index (κ3) is 4.98. The van der Waals surface area contributed by atoms with Gasteiger partial charge in [0.05, 0.1) is 12.2 Å². The maximum absolute atomic E-state index is 12.6. The van der Waals surface area contributed by atoms with Gasteiger partial charge in [0.25, 0.3) is 0 Å². The second kappa shape index (κ2) is 8.96. The molecule has 0 radical (unpaired) electrons. The molecule has 2 nitrogen and oxygen atoms in total. The van der Waals surface area contributed by atoms with Crippen LogP contribution in [0.5, 0.6) is 0 Å². The topological polar surface area (TPSA) is 26.3 Å². The Balaban J connectivity index is 0.000000433. The number of carbonyl (C=O) groups is 1. The van der Waals surface area contributed by atoms with Gasteiger partial charge in [-0.1, -0.05) is 26.2 Å². The number of rotatable bonds is 4. The van der Waals surface area contributed by atoms with Gasteiger partial charge in [0.1, 0.15) is 0 Å². The van der Waals surface area contributed by atoms with Crippen LogP contribution in [0.25, 0.3) is 6.08 Å². The Morgan fingerprint density at radius 1 is 1.05 bits per heavy atom. The molecule has 1 rings (SSSR count). The minimum atomic E-state index is -2.17. The molecular weight excluding hydrogens is 307 g/mol. The molecule has 0 bridgehead atoms.